The van der Waals surface area contributed by atoms with Gasteiger partial charge in [0.2, 0.25) is 5.91 Å². The van der Waals surface area contributed by atoms with Crippen molar-refractivity contribution in [1.29, 1.82) is 0 Å². The third-order valence-corrected chi connectivity index (χ3v) is 2.66. The van der Waals surface area contributed by atoms with Crippen LogP contribution in [-0.2, 0) is 14.3 Å². The van der Waals surface area contributed by atoms with E-state index >= 15 is 0 Å². The fourth-order valence-corrected chi connectivity index (χ4v) is 1.52. The van der Waals surface area contributed by atoms with Crippen molar-refractivity contribution in [2.75, 3.05) is 13.7 Å². The normalized spacial score (nSPS) is 13.9. The molecule has 0 aromatic carbocycles. The minimum absolute atomic E-state index is 0.343. The van der Waals surface area contributed by atoms with Crippen LogP contribution in [0.1, 0.15) is 39.0 Å². The molecule has 0 aliphatic heterocycles. The Kier molecular flexibility index (Phi) is 9.22. The van der Waals surface area contributed by atoms with E-state index in [9.17, 15) is 9.59 Å². The van der Waals surface area contributed by atoms with Crippen molar-refractivity contribution in [3.8, 4) is 0 Å². The maximum atomic E-state index is 11.7. The second kappa shape index (κ2) is 9.85. The van der Waals surface area contributed by atoms with Crippen LogP contribution in [0, 0.1) is 0 Å². The summed E-state index contributed by atoms with van der Waals surface area (Å²) in [5.41, 5.74) is 5.68. The molecule has 0 saturated carbocycles. The molecular weight excluding hydrogens is 236 g/mol. The van der Waals surface area contributed by atoms with E-state index in [1.54, 1.807) is 7.11 Å². The van der Waals surface area contributed by atoms with Crippen LogP contribution >= 0.6 is 0 Å². The molecule has 0 fully saturated rings. The molecule has 6 nitrogen and oxygen atoms in total. The summed E-state index contributed by atoms with van der Waals surface area (Å²) in [6, 6.07) is -1.52. The lowest BCUT2D eigenvalue weighted by Gasteiger charge is -2.17. The van der Waals surface area contributed by atoms with Crippen LogP contribution in [0.5, 0.6) is 0 Å². The first-order valence-electron chi connectivity index (χ1n) is 6.30. The molecule has 0 aliphatic rings. The third-order valence-electron chi connectivity index (χ3n) is 2.66. The molecule has 0 rings (SSSR count). The van der Waals surface area contributed by atoms with Gasteiger partial charge in [-0.25, -0.2) is 4.79 Å². The number of ether oxygens (including phenoxy) is 1. The largest absolute Gasteiger partial charge is 0.480 e. The highest BCUT2D eigenvalue weighted by Gasteiger charge is 2.22. The van der Waals surface area contributed by atoms with Crippen molar-refractivity contribution in [3.63, 3.8) is 0 Å². The Morgan fingerprint density at radius 1 is 1.33 bits per heavy atom. The van der Waals surface area contributed by atoms with Gasteiger partial charge in [-0.15, -0.1) is 0 Å². The van der Waals surface area contributed by atoms with Crippen LogP contribution in [0.2, 0.25) is 0 Å². The molecule has 1 amide bonds. The summed E-state index contributed by atoms with van der Waals surface area (Å²) in [5, 5.41) is 11.4. The summed E-state index contributed by atoms with van der Waals surface area (Å²) in [4.78, 5) is 22.6. The molecule has 1 unspecified atom stereocenters. The quantitative estimate of drug-likeness (QED) is 0.496. The maximum Gasteiger partial charge on any atom is 0.326 e. The van der Waals surface area contributed by atoms with E-state index in [-0.39, 0.29) is 0 Å². The zero-order valence-corrected chi connectivity index (χ0v) is 11.1. The highest BCUT2D eigenvalue weighted by atomic mass is 16.5. The van der Waals surface area contributed by atoms with Crippen LogP contribution in [0.4, 0.5) is 0 Å². The molecule has 18 heavy (non-hydrogen) atoms. The van der Waals surface area contributed by atoms with Crippen LogP contribution in [-0.4, -0.2) is 42.8 Å². The number of hydrogen-bond donors (Lipinski definition) is 3. The first-order valence-corrected chi connectivity index (χ1v) is 6.30. The Morgan fingerprint density at radius 3 is 2.50 bits per heavy atom. The number of hydrogen-bond acceptors (Lipinski definition) is 4. The van der Waals surface area contributed by atoms with Crippen LogP contribution in [0.15, 0.2) is 0 Å². The van der Waals surface area contributed by atoms with Gasteiger partial charge in [-0.1, -0.05) is 19.8 Å². The number of carboxylic acids is 1. The number of carboxylic acid groups (broad SMARTS) is 1. The molecule has 0 bridgehead atoms. The van der Waals surface area contributed by atoms with Crippen molar-refractivity contribution in [1.82, 2.24) is 5.32 Å². The fraction of sp³-hybridized carbons (Fsp3) is 0.833. The molecule has 0 radical (unpaired) electrons. The molecule has 0 saturated heterocycles. The van der Waals surface area contributed by atoms with E-state index in [4.69, 9.17) is 15.6 Å². The van der Waals surface area contributed by atoms with Gasteiger partial charge in [-0.3, -0.25) is 4.79 Å². The van der Waals surface area contributed by atoms with Gasteiger partial charge in [-0.05, 0) is 19.3 Å². The average Bonchev–Trinajstić information content (AvgIpc) is 2.34. The molecule has 2 atom stereocenters. The third kappa shape index (κ3) is 7.24. The van der Waals surface area contributed by atoms with Crippen LogP contribution in [0.3, 0.4) is 0 Å². The number of aliphatic carboxylic acids is 1. The molecule has 0 aromatic rings. The van der Waals surface area contributed by atoms with Crippen molar-refractivity contribution in [3.05, 3.63) is 0 Å². The van der Waals surface area contributed by atoms with Gasteiger partial charge in [0.25, 0.3) is 0 Å². The van der Waals surface area contributed by atoms with Gasteiger partial charge in [-0.2, -0.15) is 0 Å². The second-order valence-electron chi connectivity index (χ2n) is 4.28. The minimum atomic E-state index is -1.04. The summed E-state index contributed by atoms with van der Waals surface area (Å²) >= 11 is 0. The van der Waals surface area contributed by atoms with E-state index in [0.717, 1.165) is 12.8 Å². The Bertz CT molecular complexity index is 258. The summed E-state index contributed by atoms with van der Waals surface area (Å²) in [6.45, 7) is 2.48. The zero-order chi connectivity index (χ0) is 14.0. The highest BCUT2D eigenvalue weighted by molar-refractivity contribution is 5.86. The lowest BCUT2D eigenvalue weighted by Crippen LogP contribution is -2.48. The molecule has 106 valence electrons. The van der Waals surface area contributed by atoms with E-state index < -0.39 is 24.0 Å². The SMILES string of the molecule is CCCC[C@H](N)C(=O)NC(CCCOC)C(=O)O. The number of amides is 1. The van der Waals surface area contributed by atoms with E-state index in [1.807, 2.05) is 6.92 Å². The number of carbonyl (C=O) groups is 2. The standard InChI is InChI=1S/C12H24N2O4/c1-3-4-6-9(13)11(15)14-10(12(16)17)7-5-8-18-2/h9-10H,3-8,13H2,1-2H3,(H,14,15)(H,16,17)/t9-,10?/m0/s1. The first-order chi connectivity index (χ1) is 8.52. The van der Waals surface area contributed by atoms with Crippen LogP contribution in [0.25, 0.3) is 0 Å². The topological polar surface area (TPSA) is 102 Å². The Hall–Kier alpha value is -1.14. The zero-order valence-electron chi connectivity index (χ0n) is 11.1. The Labute approximate surface area is 108 Å². The van der Waals surface area contributed by atoms with Gasteiger partial charge in [0.15, 0.2) is 0 Å². The lowest BCUT2D eigenvalue weighted by molar-refractivity contribution is -0.142. The molecule has 0 spiro atoms. The van der Waals surface area contributed by atoms with Gasteiger partial charge in [0.1, 0.15) is 6.04 Å². The summed E-state index contributed by atoms with van der Waals surface area (Å²) in [7, 11) is 1.55. The van der Waals surface area contributed by atoms with Crippen molar-refractivity contribution in [2.45, 2.75) is 51.1 Å². The summed E-state index contributed by atoms with van der Waals surface area (Å²) < 4.78 is 4.85. The van der Waals surface area contributed by atoms with E-state index in [2.05, 4.69) is 5.32 Å². The number of carbonyl (C=O) groups excluding carboxylic acids is 1. The van der Waals surface area contributed by atoms with E-state index in [1.165, 1.54) is 0 Å². The monoisotopic (exact) mass is 260 g/mol. The molecule has 6 heteroatoms. The smallest absolute Gasteiger partial charge is 0.326 e. The number of unbranched alkanes of at least 4 members (excludes halogenated alkanes) is 1. The molecule has 0 heterocycles. The number of nitrogens with one attached hydrogen (secondary N) is 1. The van der Waals surface area contributed by atoms with Gasteiger partial charge in [0.05, 0.1) is 6.04 Å². The lowest BCUT2D eigenvalue weighted by atomic mass is 10.1. The number of rotatable bonds is 10. The van der Waals surface area contributed by atoms with Crippen LogP contribution < -0.4 is 11.1 Å². The predicted octanol–water partition coefficient (Wildman–Crippen LogP) is 0.500. The highest BCUT2D eigenvalue weighted by Crippen LogP contribution is 2.02. The molecular formula is C12H24N2O4. The van der Waals surface area contributed by atoms with Crippen molar-refractivity contribution >= 4 is 11.9 Å². The molecule has 0 aromatic heterocycles. The van der Waals surface area contributed by atoms with Crippen molar-refractivity contribution in [2.24, 2.45) is 5.73 Å². The Balaban J connectivity index is 4.14. The average molecular weight is 260 g/mol. The van der Waals surface area contributed by atoms with Crippen molar-refractivity contribution < 1.29 is 19.4 Å². The second-order valence-corrected chi connectivity index (χ2v) is 4.28. The summed E-state index contributed by atoms with van der Waals surface area (Å²) in [6.07, 6.45) is 3.31. The molecule has 0 aliphatic carbocycles. The Morgan fingerprint density at radius 2 is 2.00 bits per heavy atom. The van der Waals surface area contributed by atoms with E-state index in [0.29, 0.717) is 25.9 Å². The van der Waals surface area contributed by atoms with Gasteiger partial charge < -0.3 is 20.9 Å². The number of nitrogens with two attached hydrogens (primary N) is 1. The van der Waals surface area contributed by atoms with Gasteiger partial charge >= 0.3 is 5.97 Å². The first kappa shape index (κ1) is 16.9. The molecule has 4 N–H and O–H groups in total. The predicted molar refractivity (Wildman–Crippen MR) is 68.2 cm³/mol. The fourth-order valence-electron chi connectivity index (χ4n) is 1.52. The number of methoxy groups -OCH3 is 1. The summed E-state index contributed by atoms with van der Waals surface area (Å²) in [5.74, 6) is -1.43. The maximum absolute atomic E-state index is 11.7. The van der Waals surface area contributed by atoms with Gasteiger partial charge in [0, 0.05) is 13.7 Å². The minimum Gasteiger partial charge on any atom is -0.480 e.